The van der Waals surface area contributed by atoms with E-state index in [-0.39, 0.29) is 25.0 Å². The molecule has 0 aliphatic rings. The molecule has 0 bridgehead atoms. The molecule has 2 amide bonds. The van der Waals surface area contributed by atoms with Gasteiger partial charge in [-0.15, -0.1) is 0 Å². The fourth-order valence-corrected chi connectivity index (χ4v) is 3.80. The zero-order chi connectivity index (χ0) is 24.1. The lowest BCUT2D eigenvalue weighted by Crippen LogP contribution is -2.44. The van der Waals surface area contributed by atoms with Crippen LogP contribution in [0.3, 0.4) is 0 Å². The van der Waals surface area contributed by atoms with Gasteiger partial charge in [-0.25, -0.2) is 0 Å². The second kappa shape index (κ2) is 14.9. The quantitative estimate of drug-likeness (QED) is 0.333. The summed E-state index contributed by atoms with van der Waals surface area (Å²) in [5.74, 6) is -0.238. The van der Waals surface area contributed by atoms with Crippen molar-refractivity contribution >= 4 is 27.7 Å². The van der Waals surface area contributed by atoms with Crippen molar-refractivity contribution < 1.29 is 19.1 Å². The number of methoxy groups -OCH3 is 2. The van der Waals surface area contributed by atoms with Crippen LogP contribution < -0.4 is 0 Å². The maximum atomic E-state index is 13.3. The normalized spacial score (nSPS) is 10.9. The smallest absolute Gasteiger partial charge is 0.249 e. The van der Waals surface area contributed by atoms with E-state index in [0.29, 0.717) is 32.7 Å². The lowest BCUT2D eigenvalue weighted by atomic mass is 10.2. The molecule has 1 aromatic heterocycles. The Kier molecular flexibility index (Phi) is 12.2. The minimum Gasteiger partial charge on any atom is -0.385 e. The van der Waals surface area contributed by atoms with Crippen LogP contribution in [0.5, 0.6) is 0 Å². The summed E-state index contributed by atoms with van der Waals surface area (Å²) in [6.45, 7) is 5.01. The molecule has 8 heteroatoms. The molecule has 0 unspecified atom stereocenters. The molecule has 0 saturated carbocycles. The van der Waals surface area contributed by atoms with Crippen molar-refractivity contribution in [2.24, 2.45) is 0 Å². The molecule has 2 rings (SSSR count). The first-order valence-corrected chi connectivity index (χ1v) is 12.2. The summed E-state index contributed by atoms with van der Waals surface area (Å²) < 4.78 is 13.3. The summed E-state index contributed by atoms with van der Waals surface area (Å²) >= 11 is 3.48. The number of hydrogen-bond acceptors (Lipinski definition) is 4. The van der Waals surface area contributed by atoms with Gasteiger partial charge in [0.15, 0.2) is 0 Å². The number of hydrogen-bond donors (Lipinski definition) is 0. The van der Waals surface area contributed by atoms with Gasteiger partial charge in [-0.2, -0.15) is 0 Å². The maximum absolute atomic E-state index is 13.3. The molecule has 0 fully saturated rings. The number of ether oxygens (including phenoxy) is 2. The number of rotatable bonds is 15. The van der Waals surface area contributed by atoms with E-state index in [4.69, 9.17) is 9.47 Å². The third kappa shape index (κ3) is 9.31. The summed E-state index contributed by atoms with van der Waals surface area (Å²) in [5.41, 5.74) is 2.26. The summed E-state index contributed by atoms with van der Waals surface area (Å²) in [5, 5.41) is 0. The van der Waals surface area contributed by atoms with Gasteiger partial charge in [0.1, 0.15) is 6.61 Å². The molecular formula is C25H36BrN3O4. The Hall–Kier alpha value is -2.16. The molecule has 0 radical (unpaired) electrons. The van der Waals surface area contributed by atoms with Crippen molar-refractivity contribution in [3.8, 4) is 0 Å². The van der Waals surface area contributed by atoms with E-state index in [2.05, 4.69) is 45.6 Å². The van der Waals surface area contributed by atoms with Gasteiger partial charge in [-0.1, -0.05) is 41.4 Å². The molecule has 0 saturated heterocycles. The molecule has 7 nitrogen and oxygen atoms in total. The van der Waals surface area contributed by atoms with Gasteiger partial charge < -0.3 is 23.8 Å². The van der Waals surface area contributed by atoms with Crippen LogP contribution >= 0.6 is 15.9 Å². The summed E-state index contributed by atoms with van der Waals surface area (Å²) in [4.78, 5) is 29.2. The first-order chi connectivity index (χ1) is 16.0. The second-order valence-corrected chi connectivity index (χ2v) is 8.93. The molecule has 0 spiro atoms. The lowest BCUT2D eigenvalue weighted by molar-refractivity contribution is -0.143. The van der Waals surface area contributed by atoms with Crippen LogP contribution in [0, 0.1) is 0 Å². The molecule has 2 aromatic rings. The molecule has 1 aromatic carbocycles. The highest BCUT2D eigenvalue weighted by Gasteiger charge is 2.22. The molecular weight excluding hydrogens is 486 g/mol. The van der Waals surface area contributed by atoms with E-state index in [9.17, 15) is 9.59 Å². The molecule has 0 aliphatic carbocycles. The second-order valence-electron chi connectivity index (χ2n) is 8.02. The van der Waals surface area contributed by atoms with Crippen LogP contribution in [0.25, 0.3) is 0 Å². The van der Waals surface area contributed by atoms with E-state index in [1.54, 1.807) is 12.0 Å². The van der Waals surface area contributed by atoms with Crippen LogP contribution in [0.15, 0.2) is 47.1 Å². The SMILES string of the molecule is CCCCN(Cc1cccn1Cc1ccc(Br)cc1)C(=O)CN(CCCOC)C(=O)COC. The van der Waals surface area contributed by atoms with Gasteiger partial charge in [0.05, 0.1) is 13.1 Å². The largest absolute Gasteiger partial charge is 0.385 e. The number of carbonyl (C=O) groups is 2. The average Bonchev–Trinajstić information content (AvgIpc) is 3.24. The van der Waals surface area contributed by atoms with E-state index >= 15 is 0 Å². The highest BCUT2D eigenvalue weighted by atomic mass is 79.9. The third-order valence-corrected chi connectivity index (χ3v) is 5.93. The Morgan fingerprint density at radius 1 is 0.970 bits per heavy atom. The van der Waals surface area contributed by atoms with Crippen molar-refractivity contribution in [3.63, 3.8) is 0 Å². The number of halogens is 1. The van der Waals surface area contributed by atoms with Crippen molar-refractivity contribution in [1.29, 1.82) is 0 Å². The Labute approximate surface area is 205 Å². The van der Waals surface area contributed by atoms with Crippen LogP contribution in [-0.4, -0.2) is 73.2 Å². The van der Waals surface area contributed by atoms with Gasteiger partial charge in [0.25, 0.3) is 0 Å². The average molecular weight is 522 g/mol. The third-order valence-electron chi connectivity index (χ3n) is 5.40. The van der Waals surface area contributed by atoms with Crippen LogP contribution in [-0.2, 0) is 32.2 Å². The Morgan fingerprint density at radius 2 is 1.70 bits per heavy atom. The minimum atomic E-state index is -0.184. The fraction of sp³-hybridized carbons (Fsp3) is 0.520. The number of benzene rings is 1. The van der Waals surface area contributed by atoms with Gasteiger partial charge in [-0.05, 0) is 42.7 Å². The summed E-state index contributed by atoms with van der Waals surface area (Å²) in [6.07, 6.45) is 4.61. The lowest BCUT2D eigenvalue weighted by Gasteiger charge is -2.28. The zero-order valence-corrected chi connectivity index (χ0v) is 21.6. The van der Waals surface area contributed by atoms with Gasteiger partial charge in [0, 0.05) is 56.8 Å². The number of nitrogens with zero attached hydrogens (tertiary/aromatic N) is 3. The summed E-state index contributed by atoms with van der Waals surface area (Å²) in [6, 6.07) is 12.3. The van der Waals surface area contributed by atoms with Crippen molar-refractivity contribution in [3.05, 3.63) is 58.3 Å². The number of carbonyl (C=O) groups excluding carboxylic acids is 2. The Morgan fingerprint density at radius 3 is 2.36 bits per heavy atom. The number of amides is 2. The first kappa shape index (κ1) is 27.1. The maximum Gasteiger partial charge on any atom is 0.249 e. The fourth-order valence-electron chi connectivity index (χ4n) is 3.54. The highest BCUT2D eigenvalue weighted by Crippen LogP contribution is 2.15. The topological polar surface area (TPSA) is 64.0 Å². The van der Waals surface area contributed by atoms with Gasteiger partial charge in [-0.3, -0.25) is 9.59 Å². The van der Waals surface area contributed by atoms with Crippen molar-refractivity contribution in [2.75, 3.05) is 47.1 Å². The Balaban J connectivity index is 2.11. The molecule has 0 aliphatic heterocycles. The standard InChI is InChI=1S/C25H36BrN3O4/c1-4-5-13-28(24(30)19-29(15-7-16-32-2)25(31)20-33-3)18-23-8-6-14-27(23)17-21-9-11-22(26)12-10-21/h6,8-12,14H,4-5,7,13,15-20H2,1-3H3. The number of aromatic nitrogens is 1. The van der Waals surface area contributed by atoms with Crippen molar-refractivity contribution in [1.82, 2.24) is 14.4 Å². The molecule has 0 N–H and O–H groups in total. The van der Waals surface area contributed by atoms with Crippen LogP contribution in [0.1, 0.15) is 37.4 Å². The first-order valence-electron chi connectivity index (χ1n) is 11.4. The van der Waals surface area contributed by atoms with Crippen LogP contribution in [0.2, 0.25) is 0 Å². The summed E-state index contributed by atoms with van der Waals surface area (Å²) in [7, 11) is 3.11. The van der Waals surface area contributed by atoms with E-state index < -0.39 is 0 Å². The van der Waals surface area contributed by atoms with Gasteiger partial charge in [0.2, 0.25) is 11.8 Å². The minimum absolute atomic E-state index is 0.0364. The Bertz CT molecular complexity index is 854. The molecule has 1 heterocycles. The number of unbranched alkanes of at least 4 members (excludes halogenated alkanes) is 1. The molecule has 0 atom stereocenters. The zero-order valence-electron chi connectivity index (χ0n) is 20.0. The van der Waals surface area contributed by atoms with Crippen LogP contribution in [0.4, 0.5) is 0 Å². The van der Waals surface area contributed by atoms with E-state index in [0.717, 1.165) is 29.6 Å². The van der Waals surface area contributed by atoms with E-state index in [1.165, 1.54) is 12.7 Å². The predicted molar refractivity (Wildman–Crippen MR) is 133 cm³/mol. The highest BCUT2D eigenvalue weighted by molar-refractivity contribution is 9.10. The molecule has 33 heavy (non-hydrogen) atoms. The monoisotopic (exact) mass is 521 g/mol. The van der Waals surface area contributed by atoms with E-state index in [1.807, 2.05) is 29.3 Å². The van der Waals surface area contributed by atoms with Gasteiger partial charge >= 0.3 is 0 Å². The predicted octanol–water partition coefficient (Wildman–Crippen LogP) is 3.94. The molecule has 182 valence electrons. The van der Waals surface area contributed by atoms with Crippen molar-refractivity contribution in [2.45, 2.75) is 39.3 Å².